The Morgan fingerprint density at radius 2 is 1.76 bits per heavy atom. The van der Waals surface area contributed by atoms with Gasteiger partial charge in [0.1, 0.15) is 17.1 Å². The van der Waals surface area contributed by atoms with Gasteiger partial charge in [0.15, 0.2) is 0 Å². The number of carbonyl (C=O) groups is 2. The largest absolute Gasteiger partial charge is 0.495 e. The maximum atomic E-state index is 13.2. The smallest absolute Gasteiger partial charge is 0.266 e. The summed E-state index contributed by atoms with van der Waals surface area (Å²) in [5.74, 6) is -0.151. The highest BCUT2D eigenvalue weighted by Crippen LogP contribution is 2.29. The van der Waals surface area contributed by atoms with Crippen molar-refractivity contribution < 1.29 is 14.3 Å². The van der Waals surface area contributed by atoms with Crippen LogP contribution < -0.4 is 20.9 Å². The number of aromatic nitrogens is 2. The van der Waals surface area contributed by atoms with Gasteiger partial charge in [-0.15, -0.1) is 11.3 Å². The van der Waals surface area contributed by atoms with Crippen LogP contribution in [0.1, 0.15) is 27.7 Å². The summed E-state index contributed by atoms with van der Waals surface area (Å²) in [4.78, 5) is 43.9. The zero-order valence-corrected chi connectivity index (χ0v) is 19.9. The lowest BCUT2D eigenvalue weighted by atomic mass is 10.1. The summed E-state index contributed by atoms with van der Waals surface area (Å²) in [7, 11) is 1.53. The molecule has 0 spiro atoms. The van der Waals surface area contributed by atoms with Gasteiger partial charge in [0.05, 0.1) is 29.4 Å². The Labute approximate surface area is 200 Å². The highest BCUT2D eigenvalue weighted by atomic mass is 32.1. The first kappa shape index (κ1) is 23.2. The van der Waals surface area contributed by atoms with Crippen molar-refractivity contribution in [2.45, 2.75) is 26.8 Å². The molecule has 0 atom stereocenters. The van der Waals surface area contributed by atoms with E-state index in [1.54, 1.807) is 25.1 Å². The van der Waals surface area contributed by atoms with E-state index < -0.39 is 0 Å². The third kappa shape index (κ3) is 4.55. The summed E-state index contributed by atoms with van der Waals surface area (Å²) in [5, 5.41) is 6.02. The molecule has 0 aliphatic carbocycles. The summed E-state index contributed by atoms with van der Waals surface area (Å²) in [6.07, 6.45) is 2.12. The van der Waals surface area contributed by atoms with Gasteiger partial charge in [0.25, 0.3) is 11.5 Å². The predicted octanol–water partition coefficient (Wildman–Crippen LogP) is 4.23. The zero-order chi connectivity index (χ0) is 24.2. The number of carbonyl (C=O) groups excluding carboxylic acids is 2. The standard InChI is InChI=1S/C25H24N4O4S/c1-4-16-9-5-6-10-17(16)27-20(30)13-29-14-26-24-21(25(29)32)15(2)22(34-24)23(31)28-18-11-7-8-12-19(18)33-3/h5-12,14H,4,13H2,1-3H3,(H,27,30)(H,28,31). The molecule has 174 valence electrons. The SMILES string of the molecule is CCc1ccccc1NC(=O)Cn1cnc2sc(C(=O)Nc3ccccc3OC)c(C)c2c1=O. The minimum Gasteiger partial charge on any atom is -0.495 e. The van der Waals surface area contributed by atoms with Gasteiger partial charge in [-0.2, -0.15) is 0 Å². The number of rotatable bonds is 7. The van der Waals surface area contributed by atoms with E-state index in [1.165, 1.54) is 18.0 Å². The van der Waals surface area contributed by atoms with E-state index in [-0.39, 0.29) is 23.9 Å². The Morgan fingerprint density at radius 3 is 2.50 bits per heavy atom. The Balaban J connectivity index is 1.59. The zero-order valence-electron chi connectivity index (χ0n) is 19.0. The molecule has 2 aromatic carbocycles. The maximum Gasteiger partial charge on any atom is 0.266 e. The number of hydrogen-bond acceptors (Lipinski definition) is 6. The van der Waals surface area contributed by atoms with Crippen molar-refractivity contribution in [1.29, 1.82) is 0 Å². The van der Waals surface area contributed by atoms with Gasteiger partial charge in [-0.1, -0.05) is 37.3 Å². The number of nitrogens with zero attached hydrogens (tertiary/aromatic N) is 2. The van der Waals surface area contributed by atoms with Crippen LogP contribution in [0.15, 0.2) is 59.7 Å². The fourth-order valence-electron chi connectivity index (χ4n) is 3.71. The molecular formula is C25H24N4O4S. The van der Waals surface area contributed by atoms with Crippen LogP contribution in [0.5, 0.6) is 5.75 Å². The number of nitrogens with one attached hydrogen (secondary N) is 2. The third-order valence-electron chi connectivity index (χ3n) is 5.47. The van der Waals surface area contributed by atoms with E-state index in [0.717, 1.165) is 29.0 Å². The molecule has 2 amide bonds. The van der Waals surface area contributed by atoms with Gasteiger partial charge in [0, 0.05) is 5.69 Å². The van der Waals surface area contributed by atoms with Crippen LogP contribution in [0.3, 0.4) is 0 Å². The molecule has 4 aromatic rings. The number of methoxy groups -OCH3 is 1. The number of ether oxygens (including phenoxy) is 1. The first-order chi connectivity index (χ1) is 16.4. The Kier molecular flexibility index (Phi) is 6.74. The molecule has 2 aromatic heterocycles. The first-order valence-electron chi connectivity index (χ1n) is 10.7. The van der Waals surface area contributed by atoms with E-state index in [2.05, 4.69) is 15.6 Å². The molecule has 9 heteroatoms. The lowest BCUT2D eigenvalue weighted by Crippen LogP contribution is -2.28. The topological polar surface area (TPSA) is 102 Å². The van der Waals surface area contributed by atoms with E-state index in [1.807, 2.05) is 37.3 Å². The minimum atomic E-state index is -0.367. The second kappa shape index (κ2) is 9.88. The van der Waals surface area contributed by atoms with E-state index >= 15 is 0 Å². The molecule has 4 rings (SSSR count). The van der Waals surface area contributed by atoms with E-state index in [0.29, 0.717) is 32.1 Å². The molecule has 8 nitrogen and oxygen atoms in total. The van der Waals surface area contributed by atoms with Crippen molar-refractivity contribution in [3.63, 3.8) is 0 Å². The summed E-state index contributed by atoms with van der Waals surface area (Å²) in [5.41, 5.74) is 2.42. The average molecular weight is 477 g/mol. The van der Waals surface area contributed by atoms with Crippen LogP contribution in [0.2, 0.25) is 0 Å². The first-order valence-corrected chi connectivity index (χ1v) is 11.5. The number of fused-ring (bicyclic) bond motifs is 1. The highest BCUT2D eigenvalue weighted by molar-refractivity contribution is 7.20. The van der Waals surface area contributed by atoms with Gasteiger partial charge in [0.2, 0.25) is 5.91 Å². The van der Waals surface area contributed by atoms with Crippen LogP contribution in [-0.2, 0) is 17.8 Å². The van der Waals surface area contributed by atoms with Crippen LogP contribution in [-0.4, -0.2) is 28.5 Å². The quantitative estimate of drug-likeness (QED) is 0.416. The van der Waals surface area contributed by atoms with Crippen molar-refractivity contribution in [3.05, 3.63) is 81.2 Å². The number of hydrogen-bond donors (Lipinski definition) is 2. The number of thiophene rings is 1. The van der Waals surface area contributed by atoms with Crippen LogP contribution in [0, 0.1) is 6.92 Å². The van der Waals surface area contributed by atoms with Crippen molar-refractivity contribution in [1.82, 2.24) is 9.55 Å². The summed E-state index contributed by atoms with van der Waals surface area (Å²) >= 11 is 1.14. The molecule has 0 unspecified atom stereocenters. The number of benzene rings is 2. The fraction of sp³-hybridized carbons (Fsp3) is 0.200. The van der Waals surface area contributed by atoms with Crippen molar-refractivity contribution in [3.8, 4) is 5.75 Å². The lowest BCUT2D eigenvalue weighted by molar-refractivity contribution is -0.116. The number of amides is 2. The van der Waals surface area contributed by atoms with Crippen molar-refractivity contribution >= 4 is 44.7 Å². The summed E-state index contributed by atoms with van der Waals surface area (Å²) in [6.45, 7) is 3.53. The number of anilines is 2. The van der Waals surface area contributed by atoms with Crippen LogP contribution in [0.4, 0.5) is 11.4 Å². The normalized spacial score (nSPS) is 10.8. The molecule has 0 saturated heterocycles. The van der Waals surface area contributed by atoms with Gasteiger partial charge in [-0.05, 0) is 42.7 Å². The molecule has 0 aliphatic heterocycles. The molecular weight excluding hydrogens is 452 g/mol. The fourth-order valence-corrected chi connectivity index (χ4v) is 4.74. The van der Waals surface area contributed by atoms with Crippen molar-refractivity contribution in [2.24, 2.45) is 0 Å². The lowest BCUT2D eigenvalue weighted by Gasteiger charge is -2.10. The molecule has 2 N–H and O–H groups in total. The summed E-state index contributed by atoms with van der Waals surface area (Å²) < 4.78 is 6.54. The van der Waals surface area contributed by atoms with E-state index in [4.69, 9.17) is 4.74 Å². The molecule has 0 saturated carbocycles. The third-order valence-corrected chi connectivity index (χ3v) is 6.66. The highest BCUT2D eigenvalue weighted by Gasteiger charge is 2.21. The average Bonchev–Trinajstić information content (AvgIpc) is 3.18. The number of para-hydroxylation sites is 3. The minimum absolute atomic E-state index is 0.183. The molecule has 0 bridgehead atoms. The number of aryl methyl sites for hydroxylation is 2. The van der Waals surface area contributed by atoms with E-state index in [9.17, 15) is 14.4 Å². The second-order valence-electron chi connectivity index (χ2n) is 7.63. The molecule has 0 fully saturated rings. The monoisotopic (exact) mass is 476 g/mol. The Morgan fingerprint density at radius 1 is 1.06 bits per heavy atom. The van der Waals surface area contributed by atoms with Gasteiger partial charge in [-0.25, -0.2) is 4.98 Å². The molecule has 34 heavy (non-hydrogen) atoms. The summed E-state index contributed by atoms with van der Waals surface area (Å²) in [6, 6.07) is 14.6. The molecule has 0 aliphatic rings. The predicted molar refractivity (Wildman–Crippen MR) is 134 cm³/mol. The van der Waals surface area contributed by atoms with Crippen LogP contribution in [0.25, 0.3) is 10.2 Å². The second-order valence-corrected chi connectivity index (χ2v) is 8.63. The Bertz CT molecular complexity index is 1440. The van der Waals surface area contributed by atoms with Gasteiger partial charge in [-0.3, -0.25) is 19.0 Å². The Hall–Kier alpha value is -3.98. The van der Waals surface area contributed by atoms with Gasteiger partial charge >= 0.3 is 0 Å². The maximum absolute atomic E-state index is 13.2. The van der Waals surface area contributed by atoms with Crippen molar-refractivity contribution in [2.75, 3.05) is 17.7 Å². The van der Waals surface area contributed by atoms with Gasteiger partial charge < -0.3 is 15.4 Å². The van der Waals surface area contributed by atoms with Crippen LogP contribution >= 0.6 is 11.3 Å². The molecule has 0 radical (unpaired) electrons. The molecule has 2 heterocycles.